The molecule has 0 N–H and O–H groups in total. The molecular weight excluding hydrogens is 160 g/mol. The molecule has 2 rings (SSSR count). The fourth-order valence-corrected chi connectivity index (χ4v) is 3.59. The Morgan fingerprint density at radius 3 is 2.23 bits per heavy atom. The smallest absolute Gasteiger partial charge is 0.0361 e. The standard InChI is InChI=1S/C11H22N2/c1-12(2)10-7-9-5-6-11(10,8-9)13(3)4/h9-10H,5-8H2,1-4H3. The molecule has 13 heavy (non-hydrogen) atoms. The van der Waals surface area contributed by atoms with Crippen molar-refractivity contribution < 1.29 is 0 Å². The molecule has 2 fully saturated rings. The largest absolute Gasteiger partial charge is 0.305 e. The average molecular weight is 182 g/mol. The maximum absolute atomic E-state index is 2.48. The first kappa shape index (κ1) is 9.47. The van der Waals surface area contributed by atoms with E-state index in [0.717, 1.165) is 12.0 Å². The van der Waals surface area contributed by atoms with E-state index >= 15 is 0 Å². The molecule has 2 aliphatic rings. The van der Waals surface area contributed by atoms with Gasteiger partial charge < -0.3 is 9.80 Å². The molecule has 0 aromatic carbocycles. The molecule has 0 heterocycles. The third-order valence-corrected chi connectivity index (χ3v) is 4.32. The summed E-state index contributed by atoms with van der Waals surface area (Å²) in [5.74, 6) is 1.01. The van der Waals surface area contributed by atoms with E-state index in [1.54, 1.807) is 0 Å². The third kappa shape index (κ3) is 1.23. The summed E-state index contributed by atoms with van der Waals surface area (Å²) in [4.78, 5) is 4.91. The summed E-state index contributed by atoms with van der Waals surface area (Å²) in [6.07, 6.45) is 5.73. The van der Waals surface area contributed by atoms with Crippen LogP contribution in [0.4, 0.5) is 0 Å². The number of rotatable bonds is 2. The summed E-state index contributed by atoms with van der Waals surface area (Å²) < 4.78 is 0. The van der Waals surface area contributed by atoms with Crippen LogP contribution in [0.5, 0.6) is 0 Å². The van der Waals surface area contributed by atoms with E-state index in [-0.39, 0.29) is 0 Å². The molecule has 76 valence electrons. The predicted octanol–water partition coefficient (Wildman–Crippen LogP) is 1.42. The molecule has 0 saturated heterocycles. The molecular formula is C11H22N2. The Bertz CT molecular complexity index is 200. The Kier molecular flexibility index (Phi) is 2.16. The van der Waals surface area contributed by atoms with E-state index in [4.69, 9.17) is 0 Å². The highest BCUT2D eigenvalue weighted by molar-refractivity contribution is 5.11. The van der Waals surface area contributed by atoms with Crippen LogP contribution in [0.3, 0.4) is 0 Å². The van der Waals surface area contributed by atoms with Gasteiger partial charge in [0.25, 0.3) is 0 Å². The molecule has 2 bridgehead atoms. The first-order chi connectivity index (χ1) is 6.06. The molecule has 0 aromatic heterocycles. The van der Waals surface area contributed by atoms with E-state index < -0.39 is 0 Å². The van der Waals surface area contributed by atoms with Gasteiger partial charge in [-0.05, 0) is 59.8 Å². The highest BCUT2D eigenvalue weighted by Gasteiger charge is 2.53. The Morgan fingerprint density at radius 2 is 1.85 bits per heavy atom. The van der Waals surface area contributed by atoms with Crippen molar-refractivity contribution in [2.45, 2.75) is 37.3 Å². The minimum absolute atomic E-state index is 0.508. The number of fused-ring (bicyclic) bond motifs is 2. The molecule has 2 nitrogen and oxygen atoms in total. The van der Waals surface area contributed by atoms with Crippen LogP contribution in [-0.2, 0) is 0 Å². The number of hydrogen-bond acceptors (Lipinski definition) is 2. The van der Waals surface area contributed by atoms with Crippen LogP contribution in [0.15, 0.2) is 0 Å². The summed E-state index contributed by atoms with van der Waals surface area (Å²) >= 11 is 0. The van der Waals surface area contributed by atoms with Crippen LogP contribution in [0.2, 0.25) is 0 Å². The zero-order valence-corrected chi connectivity index (χ0v) is 9.38. The van der Waals surface area contributed by atoms with Gasteiger partial charge in [-0.1, -0.05) is 0 Å². The lowest BCUT2D eigenvalue weighted by Gasteiger charge is -2.44. The van der Waals surface area contributed by atoms with Gasteiger partial charge >= 0.3 is 0 Å². The maximum atomic E-state index is 2.48. The van der Waals surface area contributed by atoms with Crippen LogP contribution < -0.4 is 0 Å². The van der Waals surface area contributed by atoms with Crippen molar-refractivity contribution in [3.05, 3.63) is 0 Å². The van der Waals surface area contributed by atoms with Crippen molar-refractivity contribution in [1.82, 2.24) is 9.80 Å². The minimum Gasteiger partial charge on any atom is -0.305 e. The molecule has 2 aliphatic carbocycles. The van der Waals surface area contributed by atoms with E-state index in [1.165, 1.54) is 25.7 Å². The van der Waals surface area contributed by atoms with Crippen LogP contribution in [0, 0.1) is 5.92 Å². The summed E-state index contributed by atoms with van der Waals surface area (Å²) in [6.45, 7) is 0. The minimum atomic E-state index is 0.508. The molecule has 0 aromatic rings. The average Bonchev–Trinajstić information content (AvgIpc) is 2.60. The Morgan fingerprint density at radius 1 is 1.15 bits per heavy atom. The van der Waals surface area contributed by atoms with Crippen molar-refractivity contribution in [2.24, 2.45) is 5.92 Å². The normalized spacial score (nSPS) is 43.8. The quantitative estimate of drug-likeness (QED) is 0.637. The summed E-state index contributed by atoms with van der Waals surface area (Å²) in [5, 5.41) is 0. The SMILES string of the molecule is CN(C)C1CC2CCC1(N(C)C)C2. The number of nitrogens with zero attached hydrogens (tertiary/aromatic N) is 2. The molecule has 0 radical (unpaired) electrons. The van der Waals surface area contributed by atoms with Crippen molar-refractivity contribution >= 4 is 0 Å². The van der Waals surface area contributed by atoms with Gasteiger partial charge in [0.15, 0.2) is 0 Å². The number of likely N-dealkylation sites (N-methyl/N-ethyl adjacent to an activating group) is 2. The zero-order chi connectivity index (χ0) is 9.64. The second-order valence-corrected chi connectivity index (χ2v) is 5.32. The first-order valence-corrected chi connectivity index (χ1v) is 5.40. The van der Waals surface area contributed by atoms with Crippen LogP contribution in [0.1, 0.15) is 25.7 Å². The predicted molar refractivity (Wildman–Crippen MR) is 55.9 cm³/mol. The van der Waals surface area contributed by atoms with Crippen molar-refractivity contribution in [3.63, 3.8) is 0 Å². The lowest BCUT2D eigenvalue weighted by molar-refractivity contribution is 0.0663. The maximum Gasteiger partial charge on any atom is 0.0361 e. The van der Waals surface area contributed by atoms with Crippen molar-refractivity contribution in [2.75, 3.05) is 28.2 Å². The first-order valence-electron chi connectivity index (χ1n) is 5.40. The van der Waals surface area contributed by atoms with Gasteiger partial charge in [0.2, 0.25) is 0 Å². The van der Waals surface area contributed by atoms with Gasteiger partial charge in [0, 0.05) is 11.6 Å². The monoisotopic (exact) mass is 182 g/mol. The highest BCUT2D eigenvalue weighted by Crippen LogP contribution is 2.51. The highest BCUT2D eigenvalue weighted by atomic mass is 15.2. The fourth-order valence-electron chi connectivity index (χ4n) is 3.59. The molecule has 3 atom stereocenters. The fraction of sp³-hybridized carbons (Fsp3) is 1.00. The van der Waals surface area contributed by atoms with E-state index in [2.05, 4.69) is 38.0 Å². The number of hydrogen-bond donors (Lipinski definition) is 0. The van der Waals surface area contributed by atoms with Crippen molar-refractivity contribution in [1.29, 1.82) is 0 Å². The van der Waals surface area contributed by atoms with E-state index in [9.17, 15) is 0 Å². The Balaban J connectivity index is 2.22. The Labute approximate surface area is 81.9 Å². The Hall–Kier alpha value is -0.0800. The van der Waals surface area contributed by atoms with Crippen molar-refractivity contribution in [3.8, 4) is 0 Å². The van der Waals surface area contributed by atoms with E-state index in [1.807, 2.05) is 0 Å². The van der Waals surface area contributed by atoms with Gasteiger partial charge in [0.05, 0.1) is 0 Å². The van der Waals surface area contributed by atoms with Gasteiger partial charge in [-0.15, -0.1) is 0 Å². The van der Waals surface area contributed by atoms with Crippen LogP contribution in [-0.4, -0.2) is 49.6 Å². The van der Waals surface area contributed by atoms with Crippen LogP contribution >= 0.6 is 0 Å². The van der Waals surface area contributed by atoms with Gasteiger partial charge in [-0.3, -0.25) is 0 Å². The lowest BCUT2D eigenvalue weighted by Crippen LogP contribution is -2.55. The van der Waals surface area contributed by atoms with Gasteiger partial charge in [0.1, 0.15) is 0 Å². The molecule has 0 amide bonds. The summed E-state index contributed by atoms with van der Waals surface area (Å²) in [5.41, 5.74) is 0.508. The zero-order valence-electron chi connectivity index (χ0n) is 9.38. The molecule has 0 aliphatic heterocycles. The topological polar surface area (TPSA) is 6.48 Å². The summed E-state index contributed by atoms with van der Waals surface area (Å²) in [6, 6.07) is 0.793. The molecule has 2 saturated carbocycles. The van der Waals surface area contributed by atoms with Gasteiger partial charge in [-0.25, -0.2) is 0 Å². The summed E-state index contributed by atoms with van der Waals surface area (Å²) in [7, 11) is 8.97. The van der Waals surface area contributed by atoms with E-state index in [0.29, 0.717) is 5.54 Å². The van der Waals surface area contributed by atoms with Gasteiger partial charge in [-0.2, -0.15) is 0 Å². The molecule has 2 heteroatoms. The second-order valence-electron chi connectivity index (χ2n) is 5.32. The lowest BCUT2D eigenvalue weighted by atomic mass is 9.86. The molecule has 3 unspecified atom stereocenters. The van der Waals surface area contributed by atoms with Crippen LogP contribution in [0.25, 0.3) is 0 Å². The second kappa shape index (κ2) is 2.96. The molecule has 0 spiro atoms. The third-order valence-electron chi connectivity index (χ3n) is 4.32.